The fourth-order valence-electron chi connectivity index (χ4n) is 1.99. The molecule has 0 aromatic rings. The Morgan fingerprint density at radius 2 is 1.88 bits per heavy atom. The molecular formula is C13H21N3S. The first kappa shape index (κ1) is 14.4. The predicted octanol–water partition coefficient (Wildman–Crippen LogP) is 2.65. The first-order chi connectivity index (χ1) is 7.97. The summed E-state index contributed by atoms with van der Waals surface area (Å²) < 4.78 is -0.165. The molecule has 0 unspecified atom stereocenters. The third-order valence-corrected chi connectivity index (χ3v) is 4.89. The molecule has 0 aromatic carbocycles. The van der Waals surface area contributed by atoms with E-state index in [4.69, 9.17) is 5.26 Å². The second kappa shape index (κ2) is 5.76. The van der Waals surface area contributed by atoms with Gasteiger partial charge in [-0.3, -0.25) is 0 Å². The number of hydrogen-bond donors (Lipinski definition) is 0. The van der Waals surface area contributed by atoms with E-state index in [-0.39, 0.29) is 10.2 Å². The lowest BCUT2D eigenvalue weighted by Gasteiger charge is -2.36. The molecule has 0 radical (unpaired) electrons. The van der Waals surface area contributed by atoms with Crippen LogP contribution in [0.2, 0.25) is 0 Å². The normalized spacial score (nSPS) is 20.5. The maximum atomic E-state index is 9.19. The van der Waals surface area contributed by atoms with E-state index in [0.717, 1.165) is 38.9 Å². The summed E-state index contributed by atoms with van der Waals surface area (Å²) in [6.45, 7) is 6.90. The van der Waals surface area contributed by atoms with Crippen LogP contribution in [0.15, 0.2) is 0 Å². The monoisotopic (exact) mass is 251 g/mol. The molecule has 94 valence electrons. The van der Waals surface area contributed by atoms with Crippen LogP contribution in [0.25, 0.3) is 0 Å². The molecule has 1 fully saturated rings. The summed E-state index contributed by atoms with van der Waals surface area (Å²) in [5.74, 6) is 0. The highest BCUT2D eigenvalue weighted by molar-refractivity contribution is 8.00. The van der Waals surface area contributed by atoms with E-state index in [1.54, 1.807) is 11.8 Å². The van der Waals surface area contributed by atoms with Crippen molar-refractivity contribution >= 4 is 11.8 Å². The van der Waals surface area contributed by atoms with Crippen LogP contribution >= 0.6 is 11.8 Å². The zero-order valence-electron chi connectivity index (χ0n) is 11.0. The molecule has 0 N–H and O–H groups in total. The molecule has 0 atom stereocenters. The molecule has 0 bridgehead atoms. The van der Waals surface area contributed by atoms with Gasteiger partial charge in [-0.25, -0.2) is 0 Å². The molecule has 0 aliphatic carbocycles. The van der Waals surface area contributed by atoms with Crippen LogP contribution in [0.5, 0.6) is 0 Å². The number of likely N-dealkylation sites (tertiary alicyclic amines) is 1. The zero-order valence-corrected chi connectivity index (χ0v) is 11.8. The molecular weight excluding hydrogens is 230 g/mol. The van der Waals surface area contributed by atoms with Gasteiger partial charge < -0.3 is 4.90 Å². The van der Waals surface area contributed by atoms with Gasteiger partial charge >= 0.3 is 0 Å². The quantitative estimate of drug-likeness (QED) is 0.770. The molecule has 3 nitrogen and oxygen atoms in total. The van der Waals surface area contributed by atoms with Crippen molar-refractivity contribution in [3.8, 4) is 12.1 Å². The van der Waals surface area contributed by atoms with Gasteiger partial charge in [0.05, 0.1) is 17.6 Å². The molecule has 0 spiro atoms. The van der Waals surface area contributed by atoms with Crippen LogP contribution in [0, 0.1) is 28.1 Å². The summed E-state index contributed by atoms with van der Waals surface area (Å²) in [6, 6.07) is 4.79. The summed E-state index contributed by atoms with van der Waals surface area (Å²) in [6.07, 6.45) is 4.81. The molecule has 4 heteroatoms. The maximum absolute atomic E-state index is 9.19. The number of thioether (sulfide) groups is 1. The topological polar surface area (TPSA) is 50.8 Å². The van der Waals surface area contributed by atoms with Crippen LogP contribution < -0.4 is 0 Å². The van der Waals surface area contributed by atoms with E-state index in [9.17, 15) is 5.26 Å². The molecule has 1 rings (SSSR count). The molecule has 0 saturated carbocycles. The Hall–Kier alpha value is -0.710. The van der Waals surface area contributed by atoms with E-state index in [1.165, 1.54) is 0 Å². The van der Waals surface area contributed by atoms with Crippen LogP contribution in [-0.2, 0) is 0 Å². The summed E-state index contributed by atoms with van der Waals surface area (Å²) in [5.41, 5.74) is -0.233. The fourth-order valence-corrected chi connectivity index (χ4v) is 2.68. The van der Waals surface area contributed by atoms with Gasteiger partial charge in [0.1, 0.15) is 4.75 Å². The molecule has 0 amide bonds. The summed E-state index contributed by atoms with van der Waals surface area (Å²) in [4.78, 5) is 2.38. The molecule has 1 saturated heterocycles. The van der Waals surface area contributed by atoms with Crippen molar-refractivity contribution in [3.05, 3.63) is 0 Å². The zero-order chi connectivity index (χ0) is 12.9. The minimum absolute atomic E-state index is 0.165. The van der Waals surface area contributed by atoms with Crippen molar-refractivity contribution < 1.29 is 0 Å². The van der Waals surface area contributed by atoms with Crippen LogP contribution in [0.4, 0.5) is 0 Å². The van der Waals surface area contributed by atoms with Gasteiger partial charge in [0.2, 0.25) is 0 Å². The van der Waals surface area contributed by atoms with Crippen molar-refractivity contribution in [1.29, 1.82) is 10.5 Å². The van der Waals surface area contributed by atoms with E-state index >= 15 is 0 Å². The smallest absolute Gasteiger partial charge is 0.104 e. The second-order valence-corrected chi connectivity index (χ2v) is 6.59. The summed E-state index contributed by atoms with van der Waals surface area (Å²) in [5, 5.41) is 18.2. The van der Waals surface area contributed by atoms with E-state index in [2.05, 4.69) is 17.0 Å². The van der Waals surface area contributed by atoms with E-state index < -0.39 is 0 Å². The number of nitriles is 2. The Labute approximate surface area is 109 Å². The Bertz CT molecular complexity index is 330. The van der Waals surface area contributed by atoms with Gasteiger partial charge in [0, 0.05) is 13.1 Å². The number of piperidine rings is 1. The van der Waals surface area contributed by atoms with E-state index in [1.807, 2.05) is 20.1 Å². The first-order valence-electron chi connectivity index (χ1n) is 6.07. The predicted molar refractivity (Wildman–Crippen MR) is 71.5 cm³/mol. The Balaban J connectivity index is 2.39. The van der Waals surface area contributed by atoms with Gasteiger partial charge in [-0.2, -0.15) is 10.5 Å². The van der Waals surface area contributed by atoms with Crippen molar-refractivity contribution in [3.63, 3.8) is 0 Å². The number of hydrogen-bond acceptors (Lipinski definition) is 4. The third-order valence-electron chi connectivity index (χ3n) is 3.61. The molecule has 1 aliphatic heterocycles. The SMILES string of the molecule is CSC1(C#N)CCN(CCC(C)(C)C#N)CC1. The van der Waals surface area contributed by atoms with Gasteiger partial charge in [0.25, 0.3) is 0 Å². The average molecular weight is 251 g/mol. The first-order valence-corrected chi connectivity index (χ1v) is 7.29. The van der Waals surface area contributed by atoms with Crippen molar-refractivity contribution in [2.24, 2.45) is 5.41 Å². The molecule has 1 heterocycles. The lowest BCUT2D eigenvalue weighted by Crippen LogP contribution is -2.42. The highest BCUT2D eigenvalue weighted by atomic mass is 32.2. The standard InChI is InChI=1S/C13H21N3S/c1-12(2,10-14)4-7-16-8-5-13(11-15,17-3)6-9-16/h4-9H2,1-3H3. The van der Waals surface area contributed by atoms with Gasteiger partial charge in [-0.1, -0.05) is 0 Å². The fraction of sp³-hybridized carbons (Fsp3) is 0.846. The van der Waals surface area contributed by atoms with Crippen LogP contribution in [0.1, 0.15) is 33.1 Å². The Morgan fingerprint density at radius 3 is 2.29 bits per heavy atom. The lowest BCUT2D eigenvalue weighted by molar-refractivity contribution is 0.197. The van der Waals surface area contributed by atoms with Gasteiger partial charge in [-0.15, -0.1) is 11.8 Å². The highest BCUT2D eigenvalue weighted by Gasteiger charge is 2.34. The van der Waals surface area contributed by atoms with Crippen molar-refractivity contribution in [2.75, 3.05) is 25.9 Å². The van der Waals surface area contributed by atoms with E-state index in [0.29, 0.717) is 0 Å². The van der Waals surface area contributed by atoms with Crippen LogP contribution in [-0.4, -0.2) is 35.5 Å². The second-order valence-electron chi connectivity index (χ2n) is 5.40. The molecule has 17 heavy (non-hydrogen) atoms. The maximum Gasteiger partial charge on any atom is 0.104 e. The minimum atomic E-state index is -0.233. The third kappa shape index (κ3) is 3.91. The summed E-state index contributed by atoms with van der Waals surface area (Å²) >= 11 is 1.68. The highest BCUT2D eigenvalue weighted by Crippen LogP contribution is 2.34. The van der Waals surface area contributed by atoms with Gasteiger partial charge in [0.15, 0.2) is 0 Å². The Kier molecular flexibility index (Phi) is 4.86. The van der Waals surface area contributed by atoms with Crippen molar-refractivity contribution in [2.45, 2.75) is 37.9 Å². The van der Waals surface area contributed by atoms with Gasteiger partial charge in [-0.05, 0) is 45.9 Å². The average Bonchev–Trinajstić information content (AvgIpc) is 2.37. The largest absolute Gasteiger partial charge is 0.303 e. The Morgan fingerprint density at radius 1 is 1.29 bits per heavy atom. The summed E-state index contributed by atoms with van der Waals surface area (Å²) in [7, 11) is 0. The number of rotatable bonds is 4. The van der Waals surface area contributed by atoms with Crippen LogP contribution in [0.3, 0.4) is 0 Å². The van der Waals surface area contributed by atoms with Crippen molar-refractivity contribution in [1.82, 2.24) is 4.90 Å². The number of nitrogens with zero attached hydrogens (tertiary/aromatic N) is 3. The minimum Gasteiger partial charge on any atom is -0.303 e. The lowest BCUT2D eigenvalue weighted by atomic mass is 9.90. The molecule has 0 aromatic heterocycles. The molecule has 1 aliphatic rings.